The molecule has 0 spiro atoms. The summed E-state index contributed by atoms with van der Waals surface area (Å²) in [7, 11) is 4.01. The van der Waals surface area contributed by atoms with Crippen LogP contribution < -0.4 is 10.3 Å². The number of non-ortho nitro benzene ring substituents is 1. The van der Waals surface area contributed by atoms with Gasteiger partial charge in [-0.05, 0) is 56.3 Å². The van der Waals surface area contributed by atoms with Crippen molar-refractivity contribution in [1.29, 1.82) is 0 Å². The van der Waals surface area contributed by atoms with Crippen LogP contribution in [0.25, 0.3) is 15.8 Å². The molecule has 2 heterocycles. The lowest BCUT2D eigenvalue weighted by atomic mass is 10.2. The first-order valence-electron chi connectivity index (χ1n) is 10.2. The van der Waals surface area contributed by atoms with Crippen LogP contribution in [0.5, 0.6) is 0 Å². The van der Waals surface area contributed by atoms with Crippen LogP contribution in [0.2, 0.25) is 0 Å². The number of aromatic nitrogens is 1. The molecule has 0 atom stereocenters. The maximum atomic E-state index is 12.5. The molecular weight excluding hydrogens is 438 g/mol. The number of fused-ring (bicyclic) bond motifs is 1. The smallest absolute Gasteiger partial charge is 0.281 e. The zero-order valence-corrected chi connectivity index (χ0v) is 19.5. The fraction of sp³-hybridized carbons (Fsp3) is 0.167. The molecule has 0 aliphatic rings. The second-order valence-corrected chi connectivity index (χ2v) is 8.95. The van der Waals surface area contributed by atoms with E-state index in [4.69, 9.17) is 0 Å². The van der Waals surface area contributed by atoms with E-state index < -0.39 is 4.92 Å². The van der Waals surface area contributed by atoms with E-state index in [0.29, 0.717) is 10.3 Å². The largest absolute Gasteiger partial charge is 0.378 e. The van der Waals surface area contributed by atoms with E-state index in [0.717, 1.165) is 33.0 Å². The van der Waals surface area contributed by atoms with Gasteiger partial charge in [0.15, 0.2) is 0 Å². The second-order valence-electron chi connectivity index (χ2n) is 7.86. The van der Waals surface area contributed by atoms with Gasteiger partial charge in [0.1, 0.15) is 0 Å². The molecule has 1 amide bonds. The molecule has 0 fully saturated rings. The van der Waals surface area contributed by atoms with Crippen molar-refractivity contribution < 1.29 is 9.72 Å². The molecule has 33 heavy (non-hydrogen) atoms. The van der Waals surface area contributed by atoms with Crippen LogP contribution in [0.15, 0.2) is 59.7 Å². The summed E-state index contributed by atoms with van der Waals surface area (Å²) in [6.45, 7) is 4.04. The lowest BCUT2D eigenvalue weighted by Gasteiger charge is -2.14. The number of hydrogen-bond donors (Lipinski definition) is 1. The summed E-state index contributed by atoms with van der Waals surface area (Å²) in [5.41, 5.74) is 7.70. The number of carbonyl (C=O) groups is 1. The molecule has 168 valence electrons. The molecule has 0 aliphatic carbocycles. The predicted octanol–water partition coefficient (Wildman–Crippen LogP) is 5.05. The first-order valence-corrected chi connectivity index (χ1v) is 11.0. The lowest BCUT2D eigenvalue weighted by molar-refractivity contribution is -0.384. The average molecular weight is 462 g/mol. The highest BCUT2D eigenvalue weighted by Gasteiger charge is 2.14. The van der Waals surface area contributed by atoms with E-state index in [-0.39, 0.29) is 11.6 Å². The fourth-order valence-electron chi connectivity index (χ4n) is 3.69. The molecule has 2 aromatic carbocycles. The van der Waals surface area contributed by atoms with Gasteiger partial charge in [-0.3, -0.25) is 14.9 Å². The lowest BCUT2D eigenvalue weighted by Crippen LogP contribution is -2.16. The van der Waals surface area contributed by atoms with Crippen molar-refractivity contribution in [2.45, 2.75) is 13.8 Å². The average Bonchev–Trinajstić information content (AvgIpc) is 3.33. The van der Waals surface area contributed by atoms with E-state index in [1.165, 1.54) is 23.5 Å². The summed E-state index contributed by atoms with van der Waals surface area (Å²) < 4.78 is 2.94. The van der Waals surface area contributed by atoms with Crippen molar-refractivity contribution in [3.8, 4) is 5.69 Å². The maximum absolute atomic E-state index is 12.5. The molecule has 0 aliphatic heterocycles. The van der Waals surface area contributed by atoms with Gasteiger partial charge in [0.05, 0.1) is 16.0 Å². The van der Waals surface area contributed by atoms with E-state index in [9.17, 15) is 14.9 Å². The number of thiophene rings is 1. The minimum absolute atomic E-state index is 0.00279. The first-order chi connectivity index (χ1) is 15.7. The number of hydrazone groups is 1. The number of amides is 1. The van der Waals surface area contributed by atoms with E-state index in [2.05, 4.69) is 44.3 Å². The Hall–Kier alpha value is -3.98. The van der Waals surface area contributed by atoms with Gasteiger partial charge in [0, 0.05) is 64.6 Å². The standard InChI is InChI=1S/C24H23N5O3S/c1-15-11-18(16(2)28(15)20-7-5-19(6-8-20)27(3)4)14-25-26-24(30)23-13-17-12-21(29(31)32)9-10-22(17)33-23/h5-14H,1-4H3,(H,26,30)/b25-14-. The number of aryl methyl sites for hydroxylation is 1. The Morgan fingerprint density at radius 3 is 2.52 bits per heavy atom. The summed E-state index contributed by atoms with van der Waals surface area (Å²) in [4.78, 5) is 25.5. The van der Waals surface area contributed by atoms with Gasteiger partial charge in [0.25, 0.3) is 11.6 Å². The molecule has 2 aromatic heterocycles. The third-order valence-electron chi connectivity index (χ3n) is 5.40. The quantitative estimate of drug-likeness (QED) is 0.247. The number of rotatable bonds is 6. The van der Waals surface area contributed by atoms with E-state index in [1.807, 2.05) is 34.0 Å². The van der Waals surface area contributed by atoms with Gasteiger partial charge in [-0.15, -0.1) is 11.3 Å². The highest BCUT2D eigenvalue weighted by atomic mass is 32.1. The minimum atomic E-state index is -0.450. The molecule has 0 saturated carbocycles. The van der Waals surface area contributed by atoms with Crippen molar-refractivity contribution >= 4 is 44.9 Å². The number of nitrogens with one attached hydrogen (secondary N) is 1. The van der Waals surface area contributed by atoms with Gasteiger partial charge in [0.2, 0.25) is 0 Å². The van der Waals surface area contributed by atoms with Crippen LogP contribution in [-0.2, 0) is 0 Å². The number of carbonyl (C=O) groups excluding carboxylic acids is 1. The van der Waals surface area contributed by atoms with E-state index >= 15 is 0 Å². The second kappa shape index (κ2) is 8.87. The summed E-state index contributed by atoms with van der Waals surface area (Å²) in [5.74, 6) is -0.358. The van der Waals surface area contributed by atoms with Crippen molar-refractivity contribution in [3.63, 3.8) is 0 Å². The Bertz CT molecular complexity index is 1380. The van der Waals surface area contributed by atoms with E-state index in [1.54, 1.807) is 18.3 Å². The van der Waals surface area contributed by atoms with Gasteiger partial charge in [-0.25, -0.2) is 5.43 Å². The normalized spacial score (nSPS) is 11.3. The van der Waals surface area contributed by atoms with Crippen LogP contribution in [0.4, 0.5) is 11.4 Å². The first kappa shape index (κ1) is 22.2. The fourth-order valence-corrected chi connectivity index (χ4v) is 4.62. The Morgan fingerprint density at radius 2 is 1.85 bits per heavy atom. The number of anilines is 1. The molecular formula is C24H23N5O3S. The summed E-state index contributed by atoms with van der Waals surface area (Å²) in [6, 6.07) is 16.5. The number of nitro groups is 1. The zero-order valence-electron chi connectivity index (χ0n) is 18.7. The molecule has 0 saturated heterocycles. The number of nitro benzene ring substituents is 1. The van der Waals surface area contributed by atoms with Gasteiger partial charge < -0.3 is 9.47 Å². The number of benzene rings is 2. The number of hydrogen-bond acceptors (Lipinski definition) is 6. The SMILES string of the molecule is Cc1cc(/C=N\NC(=O)c2cc3cc([N+](=O)[O-])ccc3s2)c(C)n1-c1ccc(N(C)C)cc1. The molecule has 0 bridgehead atoms. The summed E-state index contributed by atoms with van der Waals surface area (Å²) in [5, 5.41) is 15.7. The van der Waals surface area contributed by atoms with Crippen molar-refractivity contribution in [2.24, 2.45) is 5.10 Å². The van der Waals surface area contributed by atoms with Crippen molar-refractivity contribution in [1.82, 2.24) is 9.99 Å². The zero-order chi connectivity index (χ0) is 23.7. The Morgan fingerprint density at radius 1 is 1.12 bits per heavy atom. The van der Waals surface area contributed by atoms with Gasteiger partial charge >= 0.3 is 0 Å². The predicted molar refractivity (Wildman–Crippen MR) is 133 cm³/mol. The van der Waals surface area contributed by atoms with Crippen LogP contribution in [0, 0.1) is 24.0 Å². The van der Waals surface area contributed by atoms with Crippen LogP contribution in [-0.4, -0.2) is 35.7 Å². The third-order valence-corrected chi connectivity index (χ3v) is 6.51. The third kappa shape index (κ3) is 4.49. The topological polar surface area (TPSA) is 92.8 Å². The molecule has 4 aromatic rings. The van der Waals surface area contributed by atoms with Crippen molar-refractivity contribution in [2.75, 3.05) is 19.0 Å². The van der Waals surface area contributed by atoms with Crippen LogP contribution in [0.3, 0.4) is 0 Å². The molecule has 0 radical (unpaired) electrons. The maximum Gasteiger partial charge on any atom is 0.281 e. The molecule has 4 rings (SSSR count). The van der Waals surface area contributed by atoms with Gasteiger partial charge in [-0.2, -0.15) is 5.10 Å². The Kier molecular flexibility index (Phi) is 5.97. The highest BCUT2D eigenvalue weighted by molar-refractivity contribution is 7.20. The van der Waals surface area contributed by atoms with Crippen LogP contribution >= 0.6 is 11.3 Å². The minimum Gasteiger partial charge on any atom is -0.378 e. The highest BCUT2D eigenvalue weighted by Crippen LogP contribution is 2.29. The molecule has 1 N–H and O–H groups in total. The summed E-state index contributed by atoms with van der Waals surface area (Å²) >= 11 is 1.27. The molecule has 9 heteroatoms. The van der Waals surface area contributed by atoms with Gasteiger partial charge in [-0.1, -0.05) is 0 Å². The van der Waals surface area contributed by atoms with Crippen molar-refractivity contribution in [3.05, 3.63) is 86.5 Å². The molecule has 0 unspecified atom stereocenters. The monoisotopic (exact) mass is 461 g/mol. The molecule has 8 nitrogen and oxygen atoms in total. The Labute approximate surface area is 194 Å². The van der Waals surface area contributed by atoms with Crippen LogP contribution in [0.1, 0.15) is 26.6 Å². The Balaban J connectivity index is 1.50. The summed E-state index contributed by atoms with van der Waals surface area (Å²) in [6.07, 6.45) is 1.63. The number of nitrogens with zero attached hydrogens (tertiary/aromatic N) is 4.